The molecule has 0 aliphatic rings. The number of thiazole rings is 1. The normalized spacial score (nSPS) is 12.5. The van der Waals surface area contributed by atoms with Crippen LogP contribution in [0.25, 0.3) is 10.2 Å². The Morgan fingerprint density at radius 3 is 2.59 bits per heavy atom. The molecule has 3 rings (SSSR count). The highest BCUT2D eigenvalue weighted by atomic mass is 35.5. The van der Waals surface area contributed by atoms with Crippen molar-refractivity contribution in [3.05, 3.63) is 63.4 Å². The predicted octanol–water partition coefficient (Wildman–Crippen LogP) is 4.20. The van der Waals surface area contributed by atoms with Crippen molar-refractivity contribution < 1.29 is 27.9 Å². The van der Waals surface area contributed by atoms with Crippen molar-refractivity contribution in [1.29, 1.82) is 0 Å². The maximum atomic E-state index is 12.8. The van der Waals surface area contributed by atoms with Crippen LogP contribution >= 0.6 is 22.9 Å². The zero-order chi connectivity index (χ0) is 19.8. The van der Waals surface area contributed by atoms with Gasteiger partial charge in [-0.05, 0) is 36.4 Å². The molecule has 1 aromatic heterocycles. The number of halogens is 4. The number of carboxylic acids is 1. The van der Waals surface area contributed by atoms with E-state index in [1.165, 1.54) is 10.6 Å². The van der Waals surface area contributed by atoms with Gasteiger partial charge < -0.3 is 9.67 Å². The number of carbonyl (C=O) groups is 2. The van der Waals surface area contributed by atoms with Crippen LogP contribution in [-0.2, 0) is 17.5 Å². The van der Waals surface area contributed by atoms with Crippen LogP contribution in [0.3, 0.4) is 0 Å². The van der Waals surface area contributed by atoms with E-state index in [-0.39, 0.29) is 10.4 Å². The van der Waals surface area contributed by atoms with Crippen molar-refractivity contribution >= 4 is 45.0 Å². The van der Waals surface area contributed by atoms with E-state index in [0.717, 1.165) is 23.5 Å². The molecular formula is C17H10ClF3N2O3S. The Hall–Kier alpha value is -2.65. The number of alkyl halides is 3. The van der Waals surface area contributed by atoms with E-state index in [4.69, 9.17) is 16.7 Å². The number of carboxylic acid groups (broad SMARTS) is 1. The molecular weight excluding hydrogens is 405 g/mol. The summed E-state index contributed by atoms with van der Waals surface area (Å²) >= 11 is 6.94. The molecule has 1 amide bonds. The number of nitrogens with zero attached hydrogens (tertiary/aromatic N) is 2. The third kappa shape index (κ3) is 4.20. The minimum absolute atomic E-state index is 0.0529. The smallest absolute Gasteiger partial charge is 0.416 e. The Balaban J connectivity index is 2.12. The Bertz CT molecular complexity index is 1120. The lowest BCUT2D eigenvalue weighted by Crippen LogP contribution is -2.21. The summed E-state index contributed by atoms with van der Waals surface area (Å²) in [5.41, 5.74) is -0.713. The van der Waals surface area contributed by atoms with Crippen molar-refractivity contribution in [2.24, 2.45) is 4.99 Å². The first-order valence-electron chi connectivity index (χ1n) is 7.42. The summed E-state index contributed by atoms with van der Waals surface area (Å²) in [5, 5.41) is 9.53. The van der Waals surface area contributed by atoms with Gasteiger partial charge in [0.05, 0.1) is 15.8 Å². The third-order valence-corrected chi connectivity index (χ3v) is 4.85. The number of benzene rings is 2. The van der Waals surface area contributed by atoms with E-state index in [1.54, 1.807) is 18.2 Å². The second kappa shape index (κ2) is 7.16. The molecule has 3 aromatic rings. The van der Waals surface area contributed by atoms with Gasteiger partial charge in [-0.2, -0.15) is 18.2 Å². The van der Waals surface area contributed by atoms with E-state index < -0.39 is 30.2 Å². The summed E-state index contributed by atoms with van der Waals surface area (Å²) in [4.78, 5) is 27.4. The molecule has 140 valence electrons. The number of rotatable bonds is 3. The minimum atomic E-state index is -4.59. The molecule has 1 N–H and O–H groups in total. The minimum Gasteiger partial charge on any atom is -0.480 e. The lowest BCUT2D eigenvalue weighted by molar-refractivity contribution is -0.138. The Labute approximate surface area is 159 Å². The standard InChI is InChI=1S/C17H10ClF3N2O3S/c18-11-4-5-12-13(7-11)27-16(23(12)8-14(24)25)22-15(26)9-2-1-3-10(6-9)17(19,20)21/h1-7H,8H2,(H,24,25). The SMILES string of the molecule is O=C(O)Cn1c(=NC(=O)c2cccc(C(F)(F)F)c2)sc2cc(Cl)ccc21. The van der Waals surface area contributed by atoms with Crippen LogP contribution in [0.2, 0.25) is 5.02 Å². The molecule has 2 aromatic carbocycles. The topological polar surface area (TPSA) is 71.7 Å². The summed E-state index contributed by atoms with van der Waals surface area (Å²) < 4.78 is 40.4. The van der Waals surface area contributed by atoms with Crippen molar-refractivity contribution in [1.82, 2.24) is 4.57 Å². The molecule has 0 fully saturated rings. The van der Waals surface area contributed by atoms with Gasteiger partial charge in [0.15, 0.2) is 4.80 Å². The van der Waals surface area contributed by atoms with E-state index in [2.05, 4.69) is 4.99 Å². The molecule has 0 saturated carbocycles. The molecule has 0 saturated heterocycles. The molecule has 10 heteroatoms. The van der Waals surface area contributed by atoms with Gasteiger partial charge in [-0.25, -0.2) is 0 Å². The number of aromatic nitrogens is 1. The number of carbonyl (C=O) groups excluding carboxylic acids is 1. The molecule has 0 atom stereocenters. The second-order valence-electron chi connectivity index (χ2n) is 5.47. The molecule has 0 radical (unpaired) electrons. The number of aliphatic carboxylic acids is 1. The van der Waals surface area contributed by atoms with Gasteiger partial charge >= 0.3 is 12.1 Å². The van der Waals surface area contributed by atoms with Gasteiger partial charge in [0.25, 0.3) is 5.91 Å². The quantitative estimate of drug-likeness (QED) is 0.698. The zero-order valence-electron chi connectivity index (χ0n) is 13.3. The van der Waals surface area contributed by atoms with Crippen molar-refractivity contribution in [3.8, 4) is 0 Å². The summed E-state index contributed by atoms with van der Waals surface area (Å²) in [5.74, 6) is -2.06. The summed E-state index contributed by atoms with van der Waals surface area (Å²) in [6, 6.07) is 8.63. The van der Waals surface area contributed by atoms with Crippen LogP contribution in [0.4, 0.5) is 13.2 Å². The van der Waals surface area contributed by atoms with Gasteiger partial charge in [-0.15, -0.1) is 0 Å². The van der Waals surface area contributed by atoms with Crippen LogP contribution in [0.15, 0.2) is 47.5 Å². The first-order chi connectivity index (χ1) is 12.6. The average molecular weight is 415 g/mol. The fourth-order valence-electron chi connectivity index (χ4n) is 2.40. The number of fused-ring (bicyclic) bond motifs is 1. The van der Waals surface area contributed by atoms with E-state index in [0.29, 0.717) is 21.3 Å². The van der Waals surface area contributed by atoms with Gasteiger partial charge in [0.2, 0.25) is 0 Å². The number of hydrogen-bond donors (Lipinski definition) is 1. The monoisotopic (exact) mass is 414 g/mol. The van der Waals surface area contributed by atoms with Gasteiger partial charge in [-0.3, -0.25) is 9.59 Å². The Morgan fingerprint density at radius 2 is 1.93 bits per heavy atom. The van der Waals surface area contributed by atoms with Crippen LogP contribution < -0.4 is 4.80 Å². The molecule has 0 aliphatic heterocycles. The van der Waals surface area contributed by atoms with Crippen molar-refractivity contribution in [2.75, 3.05) is 0 Å². The van der Waals surface area contributed by atoms with Gasteiger partial charge in [0.1, 0.15) is 6.54 Å². The van der Waals surface area contributed by atoms with Gasteiger partial charge in [0, 0.05) is 10.6 Å². The van der Waals surface area contributed by atoms with Crippen LogP contribution in [-0.4, -0.2) is 21.6 Å². The van der Waals surface area contributed by atoms with E-state index in [9.17, 15) is 22.8 Å². The van der Waals surface area contributed by atoms with E-state index in [1.807, 2.05) is 0 Å². The lowest BCUT2D eigenvalue weighted by Gasteiger charge is -2.06. The second-order valence-corrected chi connectivity index (χ2v) is 6.92. The zero-order valence-corrected chi connectivity index (χ0v) is 14.9. The molecule has 0 bridgehead atoms. The number of amides is 1. The first-order valence-corrected chi connectivity index (χ1v) is 8.61. The molecule has 0 aliphatic carbocycles. The summed E-state index contributed by atoms with van der Waals surface area (Å²) in [6.45, 7) is -0.462. The predicted molar refractivity (Wildman–Crippen MR) is 93.8 cm³/mol. The maximum absolute atomic E-state index is 12.8. The third-order valence-electron chi connectivity index (χ3n) is 3.57. The fourth-order valence-corrected chi connectivity index (χ4v) is 3.70. The largest absolute Gasteiger partial charge is 0.480 e. The highest BCUT2D eigenvalue weighted by Gasteiger charge is 2.30. The van der Waals surface area contributed by atoms with E-state index >= 15 is 0 Å². The van der Waals surface area contributed by atoms with Crippen molar-refractivity contribution in [2.45, 2.75) is 12.7 Å². The highest BCUT2D eigenvalue weighted by molar-refractivity contribution is 7.16. The maximum Gasteiger partial charge on any atom is 0.416 e. The first kappa shape index (κ1) is 19.1. The van der Waals surface area contributed by atoms with Crippen LogP contribution in [0, 0.1) is 0 Å². The molecule has 27 heavy (non-hydrogen) atoms. The summed E-state index contributed by atoms with van der Waals surface area (Å²) in [7, 11) is 0. The Morgan fingerprint density at radius 1 is 1.19 bits per heavy atom. The molecule has 0 spiro atoms. The Kier molecular flexibility index (Phi) is 5.07. The summed E-state index contributed by atoms with van der Waals surface area (Å²) in [6.07, 6.45) is -4.59. The van der Waals surface area contributed by atoms with Crippen molar-refractivity contribution in [3.63, 3.8) is 0 Å². The van der Waals surface area contributed by atoms with Crippen LogP contribution in [0.1, 0.15) is 15.9 Å². The molecule has 0 unspecified atom stereocenters. The molecule has 1 heterocycles. The fraction of sp³-hybridized carbons (Fsp3) is 0.118. The van der Waals surface area contributed by atoms with Crippen LogP contribution in [0.5, 0.6) is 0 Å². The lowest BCUT2D eigenvalue weighted by atomic mass is 10.1. The molecule has 5 nitrogen and oxygen atoms in total. The average Bonchev–Trinajstić information content (AvgIpc) is 2.90. The van der Waals surface area contributed by atoms with Gasteiger partial charge in [-0.1, -0.05) is 29.0 Å². The highest BCUT2D eigenvalue weighted by Crippen LogP contribution is 2.29. The number of hydrogen-bond acceptors (Lipinski definition) is 3.